The molecule has 2 aromatic heterocycles. The smallest absolute Gasteiger partial charge is 0.326 e. The van der Waals surface area contributed by atoms with Crippen LogP contribution in [0.5, 0.6) is 0 Å². The van der Waals surface area contributed by atoms with Crippen molar-refractivity contribution in [2.24, 2.45) is 0 Å². The highest BCUT2D eigenvalue weighted by molar-refractivity contribution is 5.95. The quantitative estimate of drug-likeness (QED) is 0.477. The molecule has 1 amide bonds. The monoisotopic (exact) mass is 453 g/mol. The van der Waals surface area contributed by atoms with Crippen LogP contribution in [0.2, 0.25) is 0 Å². The normalized spacial score (nSPS) is 13.0. The average molecular weight is 453 g/mol. The largest absolute Gasteiger partial charge is 0.433 e. The van der Waals surface area contributed by atoms with E-state index in [4.69, 9.17) is 0 Å². The van der Waals surface area contributed by atoms with Gasteiger partial charge < -0.3 is 5.32 Å². The fraction of sp³-hybridized carbons (Fsp3) is 0.227. The second-order valence-corrected chi connectivity index (χ2v) is 7.14. The third kappa shape index (κ3) is 5.43. The molecule has 1 N–H and O–H groups in total. The van der Waals surface area contributed by atoms with E-state index in [1.165, 1.54) is 6.92 Å². The molecule has 0 aliphatic rings. The van der Waals surface area contributed by atoms with Gasteiger partial charge in [-0.05, 0) is 61.4 Å². The maximum Gasteiger partial charge on any atom is 0.433 e. The third-order valence-electron chi connectivity index (χ3n) is 4.68. The van der Waals surface area contributed by atoms with E-state index in [1.807, 2.05) is 13.0 Å². The summed E-state index contributed by atoms with van der Waals surface area (Å²) in [6, 6.07) is 10.7. The molecule has 3 rings (SSSR count). The highest BCUT2D eigenvalue weighted by Gasteiger charge is 2.39. The van der Waals surface area contributed by atoms with Gasteiger partial charge in [0.2, 0.25) is 5.91 Å². The predicted octanol–water partition coefficient (Wildman–Crippen LogP) is 6.23. The number of pyridine rings is 2. The molecule has 0 radical (unpaired) electrons. The zero-order chi connectivity index (χ0) is 23.7. The molecule has 0 fully saturated rings. The molecule has 0 saturated heterocycles. The van der Waals surface area contributed by atoms with Crippen LogP contribution in [0.25, 0.3) is 11.1 Å². The molecule has 32 heavy (non-hydrogen) atoms. The van der Waals surface area contributed by atoms with Gasteiger partial charge in [-0.1, -0.05) is 12.1 Å². The summed E-state index contributed by atoms with van der Waals surface area (Å²) in [6.45, 7) is 3.03. The van der Waals surface area contributed by atoms with Crippen LogP contribution in [-0.2, 0) is 17.1 Å². The Hall–Kier alpha value is -3.43. The second kappa shape index (κ2) is 8.60. The van der Waals surface area contributed by atoms with Crippen LogP contribution in [-0.4, -0.2) is 15.9 Å². The van der Waals surface area contributed by atoms with Gasteiger partial charge in [-0.25, -0.2) is 4.98 Å². The number of rotatable bonds is 4. The lowest BCUT2D eigenvalue weighted by atomic mass is 10.0. The Labute approximate surface area is 179 Å². The minimum Gasteiger partial charge on any atom is -0.326 e. The van der Waals surface area contributed by atoms with E-state index in [-0.39, 0.29) is 6.07 Å². The van der Waals surface area contributed by atoms with E-state index < -0.39 is 41.1 Å². The Morgan fingerprint density at radius 3 is 2.12 bits per heavy atom. The van der Waals surface area contributed by atoms with Gasteiger partial charge in [-0.15, -0.1) is 0 Å². The Morgan fingerprint density at radius 1 is 0.906 bits per heavy atom. The lowest BCUT2D eigenvalue weighted by Gasteiger charge is -2.17. The Kier molecular flexibility index (Phi) is 6.25. The summed E-state index contributed by atoms with van der Waals surface area (Å²) in [6.07, 6.45) is -8.46. The maximum absolute atomic E-state index is 13.1. The van der Waals surface area contributed by atoms with Crippen molar-refractivity contribution in [1.82, 2.24) is 9.97 Å². The van der Waals surface area contributed by atoms with Crippen LogP contribution in [0.3, 0.4) is 0 Å². The van der Waals surface area contributed by atoms with Crippen molar-refractivity contribution >= 4 is 11.6 Å². The minimum absolute atomic E-state index is 0.0757. The minimum atomic E-state index is -5.09. The topological polar surface area (TPSA) is 54.9 Å². The first-order valence-corrected chi connectivity index (χ1v) is 9.35. The summed E-state index contributed by atoms with van der Waals surface area (Å²) in [4.78, 5) is 19.9. The molecular formula is C22H17F6N3O. The highest BCUT2D eigenvalue weighted by Crippen LogP contribution is 2.36. The number of aryl methyl sites for hydroxylation is 1. The van der Waals surface area contributed by atoms with Gasteiger partial charge in [0, 0.05) is 17.6 Å². The van der Waals surface area contributed by atoms with Crippen LogP contribution >= 0.6 is 0 Å². The van der Waals surface area contributed by atoms with Gasteiger partial charge in [-0.3, -0.25) is 9.78 Å². The molecule has 4 nitrogen and oxygen atoms in total. The number of carbonyl (C=O) groups is 1. The number of nitrogens with zero attached hydrogens (tertiary/aromatic N) is 2. The molecule has 1 unspecified atom stereocenters. The number of carbonyl (C=O) groups excluding carboxylic acids is 1. The highest BCUT2D eigenvalue weighted by atomic mass is 19.4. The summed E-state index contributed by atoms with van der Waals surface area (Å²) < 4.78 is 78.2. The van der Waals surface area contributed by atoms with E-state index >= 15 is 0 Å². The van der Waals surface area contributed by atoms with Crippen LogP contribution in [0, 0.1) is 6.92 Å². The van der Waals surface area contributed by atoms with Crippen molar-refractivity contribution in [3.05, 3.63) is 77.4 Å². The van der Waals surface area contributed by atoms with Crippen molar-refractivity contribution < 1.29 is 31.1 Å². The summed E-state index contributed by atoms with van der Waals surface area (Å²) >= 11 is 0. The molecule has 1 aromatic carbocycles. The summed E-state index contributed by atoms with van der Waals surface area (Å²) in [5, 5.41) is 2.49. The number of hydrogen-bond donors (Lipinski definition) is 1. The van der Waals surface area contributed by atoms with Crippen molar-refractivity contribution in [3.8, 4) is 11.1 Å². The molecule has 1 atom stereocenters. The lowest BCUT2D eigenvalue weighted by molar-refractivity contribution is -0.146. The van der Waals surface area contributed by atoms with Gasteiger partial charge in [-0.2, -0.15) is 26.3 Å². The first-order chi connectivity index (χ1) is 14.8. The fourth-order valence-electron chi connectivity index (χ4n) is 2.94. The van der Waals surface area contributed by atoms with E-state index in [9.17, 15) is 31.1 Å². The van der Waals surface area contributed by atoms with Crippen molar-refractivity contribution in [2.75, 3.05) is 5.32 Å². The maximum atomic E-state index is 13.1. The van der Waals surface area contributed by atoms with Crippen molar-refractivity contribution in [2.45, 2.75) is 32.1 Å². The van der Waals surface area contributed by atoms with Gasteiger partial charge in [0.1, 0.15) is 5.69 Å². The number of alkyl halides is 6. The predicted molar refractivity (Wildman–Crippen MR) is 106 cm³/mol. The van der Waals surface area contributed by atoms with Crippen LogP contribution in [0.4, 0.5) is 32.0 Å². The van der Waals surface area contributed by atoms with E-state index in [0.717, 1.165) is 16.8 Å². The third-order valence-corrected chi connectivity index (χ3v) is 4.68. The molecule has 0 saturated carbocycles. The SMILES string of the molecule is Cc1cc(-c2ccc(NC(=O)C(C)c3cc(C(F)(F)F)cc(C(F)(F)F)n3)cc2)ccn1. The molecule has 10 heteroatoms. The Morgan fingerprint density at radius 2 is 1.56 bits per heavy atom. The fourth-order valence-corrected chi connectivity index (χ4v) is 2.94. The zero-order valence-electron chi connectivity index (χ0n) is 16.8. The molecular weight excluding hydrogens is 436 g/mol. The number of nitrogens with one attached hydrogen (secondary N) is 1. The van der Waals surface area contributed by atoms with Crippen LogP contribution in [0.1, 0.15) is 35.5 Å². The molecule has 0 bridgehead atoms. The number of anilines is 1. The van der Waals surface area contributed by atoms with Crippen molar-refractivity contribution in [1.29, 1.82) is 0 Å². The Balaban J connectivity index is 1.82. The number of hydrogen-bond acceptors (Lipinski definition) is 3. The molecule has 2 heterocycles. The van der Waals surface area contributed by atoms with E-state index in [2.05, 4.69) is 15.3 Å². The van der Waals surface area contributed by atoms with Crippen molar-refractivity contribution in [3.63, 3.8) is 0 Å². The standard InChI is InChI=1S/C22H17F6N3O/c1-12-9-15(7-8-29-12)14-3-5-17(6-4-14)30-20(32)13(2)18-10-16(21(23,24)25)11-19(31-18)22(26,27)28/h3-11,13H,1-2H3,(H,30,32). The first-order valence-electron chi connectivity index (χ1n) is 9.35. The summed E-state index contributed by atoms with van der Waals surface area (Å²) in [7, 11) is 0. The zero-order valence-corrected chi connectivity index (χ0v) is 16.8. The van der Waals surface area contributed by atoms with Crippen LogP contribution < -0.4 is 5.32 Å². The molecule has 3 aromatic rings. The first kappa shape index (κ1) is 23.2. The Bertz CT molecular complexity index is 1090. The van der Waals surface area contributed by atoms with Gasteiger partial charge in [0.05, 0.1) is 17.2 Å². The number of benzene rings is 1. The number of aromatic nitrogens is 2. The summed E-state index contributed by atoms with van der Waals surface area (Å²) in [5.41, 5.74) is -0.966. The van der Waals surface area contributed by atoms with Gasteiger partial charge in [0.15, 0.2) is 0 Å². The molecule has 0 aliphatic heterocycles. The van der Waals surface area contributed by atoms with Gasteiger partial charge in [0.25, 0.3) is 0 Å². The van der Waals surface area contributed by atoms with E-state index in [0.29, 0.717) is 11.8 Å². The second-order valence-electron chi connectivity index (χ2n) is 7.14. The molecule has 0 aliphatic carbocycles. The lowest BCUT2D eigenvalue weighted by Crippen LogP contribution is -2.22. The van der Waals surface area contributed by atoms with Gasteiger partial charge >= 0.3 is 12.4 Å². The molecule has 168 valence electrons. The average Bonchev–Trinajstić information content (AvgIpc) is 2.72. The van der Waals surface area contributed by atoms with E-state index in [1.54, 1.807) is 36.5 Å². The number of amides is 1. The molecule has 0 spiro atoms. The van der Waals surface area contributed by atoms with Crippen LogP contribution in [0.15, 0.2) is 54.7 Å². The summed E-state index contributed by atoms with van der Waals surface area (Å²) in [5.74, 6) is -2.15. The number of halogens is 6.